The number of aromatic nitrogens is 3. The minimum Gasteiger partial charge on any atom is -0.481 e. The first-order valence-corrected chi connectivity index (χ1v) is 7.87. The Balaban J connectivity index is 2.39. The lowest BCUT2D eigenvalue weighted by Crippen LogP contribution is -2.11. The predicted octanol–water partition coefficient (Wildman–Crippen LogP) is 3.51. The van der Waals surface area contributed by atoms with Crippen LogP contribution in [0, 0.1) is 0 Å². The molecule has 0 aliphatic rings. The summed E-state index contributed by atoms with van der Waals surface area (Å²) < 4.78 is 4.56. The van der Waals surface area contributed by atoms with Gasteiger partial charge in [0.1, 0.15) is 4.60 Å². The van der Waals surface area contributed by atoms with E-state index in [1.54, 1.807) is 0 Å². The second-order valence-electron chi connectivity index (χ2n) is 6.54. The SMILES string of the molecule is Cn1c(CC(=O)O)c(Br)n2c3cccc(C(C)(C)C)c3nc12. The van der Waals surface area contributed by atoms with Crippen LogP contribution in [0.5, 0.6) is 0 Å². The maximum atomic E-state index is 11.1. The number of halogens is 1. The van der Waals surface area contributed by atoms with Gasteiger partial charge in [0.25, 0.3) is 0 Å². The molecule has 22 heavy (non-hydrogen) atoms. The fraction of sp³-hybridized carbons (Fsp3) is 0.375. The second kappa shape index (κ2) is 4.84. The highest BCUT2D eigenvalue weighted by Crippen LogP contribution is 2.33. The number of nitrogens with zero attached hydrogens (tertiary/aromatic N) is 3. The number of aliphatic carboxylic acids is 1. The van der Waals surface area contributed by atoms with Gasteiger partial charge < -0.3 is 9.67 Å². The van der Waals surface area contributed by atoms with Crippen molar-refractivity contribution in [2.45, 2.75) is 32.6 Å². The van der Waals surface area contributed by atoms with Crippen molar-refractivity contribution in [2.75, 3.05) is 0 Å². The summed E-state index contributed by atoms with van der Waals surface area (Å²) in [6.45, 7) is 6.49. The summed E-state index contributed by atoms with van der Waals surface area (Å²) >= 11 is 3.55. The number of carbonyl (C=O) groups is 1. The second-order valence-corrected chi connectivity index (χ2v) is 7.29. The van der Waals surface area contributed by atoms with Crippen molar-refractivity contribution in [2.24, 2.45) is 7.05 Å². The number of rotatable bonds is 2. The summed E-state index contributed by atoms with van der Waals surface area (Å²) in [6, 6.07) is 6.13. The molecule has 116 valence electrons. The summed E-state index contributed by atoms with van der Waals surface area (Å²) in [5.74, 6) is -0.112. The largest absolute Gasteiger partial charge is 0.481 e. The highest BCUT2D eigenvalue weighted by atomic mass is 79.9. The molecule has 0 saturated heterocycles. The van der Waals surface area contributed by atoms with Crippen molar-refractivity contribution < 1.29 is 9.90 Å². The van der Waals surface area contributed by atoms with E-state index >= 15 is 0 Å². The van der Waals surface area contributed by atoms with Gasteiger partial charge in [-0.15, -0.1) is 0 Å². The Morgan fingerprint density at radius 2 is 2.05 bits per heavy atom. The Hall–Kier alpha value is -1.82. The van der Waals surface area contributed by atoms with E-state index in [1.807, 2.05) is 28.1 Å². The van der Waals surface area contributed by atoms with Gasteiger partial charge in [0.05, 0.1) is 23.1 Å². The number of carboxylic acid groups (broad SMARTS) is 1. The molecule has 2 aromatic heterocycles. The van der Waals surface area contributed by atoms with Crippen molar-refractivity contribution >= 4 is 38.7 Å². The molecule has 0 fully saturated rings. The first kappa shape index (κ1) is 15.1. The van der Waals surface area contributed by atoms with Crippen molar-refractivity contribution in [3.8, 4) is 0 Å². The highest BCUT2D eigenvalue weighted by Gasteiger charge is 2.23. The molecule has 3 aromatic rings. The van der Waals surface area contributed by atoms with Gasteiger partial charge in [0.15, 0.2) is 0 Å². The van der Waals surface area contributed by atoms with Crippen LogP contribution < -0.4 is 0 Å². The number of fused-ring (bicyclic) bond motifs is 3. The molecule has 0 spiro atoms. The van der Waals surface area contributed by atoms with Crippen LogP contribution in [0.15, 0.2) is 22.8 Å². The molecular formula is C16H18BrN3O2. The van der Waals surface area contributed by atoms with E-state index in [-0.39, 0.29) is 11.8 Å². The zero-order valence-electron chi connectivity index (χ0n) is 13.0. The predicted molar refractivity (Wildman–Crippen MR) is 89.4 cm³/mol. The Morgan fingerprint density at radius 1 is 1.36 bits per heavy atom. The van der Waals surface area contributed by atoms with Gasteiger partial charge in [0, 0.05) is 7.05 Å². The van der Waals surface area contributed by atoms with Crippen LogP contribution >= 0.6 is 15.9 Å². The van der Waals surface area contributed by atoms with Crippen LogP contribution in [0.4, 0.5) is 0 Å². The Labute approximate surface area is 136 Å². The Kier molecular flexibility index (Phi) is 3.32. The topological polar surface area (TPSA) is 59.5 Å². The van der Waals surface area contributed by atoms with E-state index in [0.29, 0.717) is 5.69 Å². The molecule has 1 aromatic carbocycles. The maximum Gasteiger partial charge on any atom is 0.309 e. The molecule has 0 aliphatic heterocycles. The fourth-order valence-electron chi connectivity index (χ4n) is 2.83. The van der Waals surface area contributed by atoms with E-state index in [1.165, 1.54) is 5.56 Å². The third-order valence-electron chi connectivity index (χ3n) is 3.93. The lowest BCUT2D eigenvalue weighted by atomic mass is 9.86. The van der Waals surface area contributed by atoms with Gasteiger partial charge in [-0.3, -0.25) is 9.20 Å². The standard InChI is InChI=1S/C16H18BrN3O2/c1-16(2,3)9-6-5-7-10-13(9)18-15-19(4)11(8-12(21)22)14(17)20(10)15/h5-7H,8H2,1-4H3,(H,21,22). The van der Waals surface area contributed by atoms with Crippen molar-refractivity contribution in [1.29, 1.82) is 0 Å². The van der Waals surface area contributed by atoms with Crippen molar-refractivity contribution in [3.63, 3.8) is 0 Å². The van der Waals surface area contributed by atoms with Gasteiger partial charge in [-0.2, -0.15) is 0 Å². The van der Waals surface area contributed by atoms with Crippen LogP contribution in [0.25, 0.3) is 16.8 Å². The average molecular weight is 364 g/mol. The van der Waals surface area contributed by atoms with E-state index in [4.69, 9.17) is 10.1 Å². The quantitative estimate of drug-likeness (QED) is 0.757. The minimum atomic E-state index is -0.857. The molecule has 3 rings (SSSR count). The van der Waals surface area contributed by atoms with Crippen LogP contribution in [-0.4, -0.2) is 25.0 Å². The molecule has 0 bridgehead atoms. The normalized spacial score (nSPS) is 12.4. The lowest BCUT2D eigenvalue weighted by Gasteiger charge is -2.19. The summed E-state index contributed by atoms with van der Waals surface area (Å²) in [5.41, 5.74) is 3.83. The van der Waals surface area contributed by atoms with Crippen molar-refractivity contribution in [3.05, 3.63) is 34.1 Å². The van der Waals surface area contributed by atoms with Crippen LogP contribution in [0.3, 0.4) is 0 Å². The molecule has 0 unspecified atom stereocenters. The van der Waals surface area contributed by atoms with Crippen molar-refractivity contribution in [1.82, 2.24) is 14.0 Å². The minimum absolute atomic E-state index is 0.00613. The maximum absolute atomic E-state index is 11.1. The van der Waals surface area contributed by atoms with Gasteiger partial charge >= 0.3 is 5.97 Å². The third-order valence-corrected chi connectivity index (χ3v) is 4.75. The summed E-state index contributed by atoms with van der Waals surface area (Å²) in [4.78, 5) is 15.8. The molecule has 0 aliphatic carbocycles. The fourth-order valence-corrected chi connectivity index (χ4v) is 3.59. The summed E-state index contributed by atoms with van der Waals surface area (Å²) in [5, 5.41) is 9.08. The zero-order chi connectivity index (χ0) is 16.2. The van der Waals surface area contributed by atoms with E-state index in [9.17, 15) is 4.79 Å². The first-order valence-electron chi connectivity index (χ1n) is 7.08. The molecule has 0 radical (unpaired) electrons. The Morgan fingerprint density at radius 3 is 2.64 bits per heavy atom. The number of hydrogen-bond acceptors (Lipinski definition) is 2. The smallest absolute Gasteiger partial charge is 0.309 e. The molecule has 0 amide bonds. The van der Waals surface area contributed by atoms with E-state index in [2.05, 4.69) is 42.8 Å². The molecule has 0 atom stereocenters. The molecule has 6 heteroatoms. The number of benzene rings is 1. The van der Waals surface area contributed by atoms with Gasteiger partial charge in [-0.05, 0) is 33.0 Å². The lowest BCUT2D eigenvalue weighted by molar-refractivity contribution is -0.136. The molecule has 0 saturated carbocycles. The van der Waals surface area contributed by atoms with Crippen LogP contribution in [0.2, 0.25) is 0 Å². The number of carboxylic acids is 1. The molecular weight excluding hydrogens is 346 g/mol. The monoisotopic (exact) mass is 363 g/mol. The number of imidazole rings is 2. The molecule has 1 N–H and O–H groups in total. The van der Waals surface area contributed by atoms with Gasteiger partial charge in [0.2, 0.25) is 5.78 Å². The first-order chi connectivity index (χ1) is 10.2. The van der Waals surface area contributed by atoms with Gasteiger partial charge in [-0.1, -0.05) is 32.9 Å². The van der Waals surface area contributed by atoms with Gasteiger partial charge in [-0.25, -0.2) is 4.98 Å². The summed E-state index contributed by atoms with van der Waals surface area (Å²) in [7, 11) is 1.85. The van der Waals surface area contributed by atoms with Crippen LogP contribution in [0.1, 0.15) is 32.0 Å². The molecule has 5 nitrogen and oxygen atoms in total. The molecule has 2 heterocycles. The average Bonchev–Trinajstić information content (AvgIpc) is 2.89. The number of hydrogen-bond donors (Lipinski definition) is 1. The van der Waals surface area contributed by atoms with Crippen LogP contribution in [-0.2, 0) is 23.7 Å². The van der Waals surface area contributed by atoms with E-state index < -0.39 is 5.97 Å². The zero-order valence-corrected chi connectivity index (χ0v) is 14.6. The summed E-state index contributed by atoms with van der Waals surface area (Å²) in [6.07, 6.45) is -0.0408. The number of aryl methyl sites for hydroxylation is 1. The number of para-hydroxylation sites is 1. The third kappa shape index (κ3) is 2.13. The highest BCUT2D eigenvalue weighted by molar-refractivity contribution is 9.10. The van der Waals surface area contributed by atoms with E-state index in [0.717, 1.165) is 21.4 Å². The Bertz CT molecular complexity index is 900.